The van der Waals surface area contributed by atoms with Gasteiger partial charge >= 0.3 is 0 Å². The summed E-state index contributed by atoms with van der Waals surface area (Å²) in [4.78, 5) is 9.14. The molecule has 8 heteroatoms. The molecule has 0 amide bonds. The van der Waals surface area contributed by atoms with Gasteiger partial charge in [-0.2, -0.15) is 21.0 Å². The van der Waals surface area contributed by atoms with E-state index in [2.05, 4.69) is 117 Å². The monoisotopic (exact) mass is 914 g/mol. The Morgan fingerprint density at radius 3 is 1.04 bits per heavy atom. The molecular formula is C64H34N8. The SMILES string of the molecule is [C-]#[N+]c1ccc(-c2cc(-n3c4cc(-c5cccc(C#N)c5)ccc4c4ccc(-c5cccc(C#N)c5)cc43)ncc2-n2c3cc(-c4cccc(C#N)c4)ccc3c3ccc(-c4cccc(C#N)c4)cc32)cc1. The van der Waals surface area contributed by atoms with Gasteiger partial charge in [0, 0.05) is 27.1 Å². The molecule has 9 aromatic carbocycles. The van der Waals surface area contributed by atoms with E-state index in [4.69, 9.17) is 11.6 Å². The van der Waals surface area contributed by atoms with Crippen LogP contribution >= 0.6 is 0 Å². The first-order valence-electron chi connectivity index (χ1n) is 23.1. The quantitative estimate of drug-likeness (QED) is 0.147. The molecule has 0 saturated carbocycles. The van der Waals surface area contributed by atoms with Crippen molar-refractivity contribution in [2.45, 2.75) is 0 Å². The average molecular weight is 915 g/mol. The summed E-state index contributed by atoms with van der Waals surface area (Å²) in [5.41, 5.74) is 16.4. The van der Waals surface area contributed by atoms with Crippen LogP contribution in [0, 0.1) is 51.9 Å². The lowest BCUT2D eigenvalue weighted by Crippen LogP contribution is -2.03. The van der Waals surface area contributed by atoms with E-state index in [-0.39, 0.29) is 0 Å². The van der Waals surface area contributed by atoms with Crippen molar-refractivity contribution in [3.63, 3.8) is 0 Å². The number of fused-ring (bicyclic) bond motifs is 6. The van der Waals surface area contributed by atoms with Gasteiger partial charge in [0.2, 0.25) is 0 Å². The molecule has 3 aromatic heterocycles. The first-order valence-corrected chi connectivity index (χ1v) is 23.1. The van der Waals surface area contributed by atoms with Crippen LogP contribution in [-0.4, -0.2) is 14.1 Å². The highest BCUT2D eigenvalue weighted by molar-refractivity contribution is 6.13. The maximum absolute atomic E-state index is 9.85. The lowest BCUT2D eigenvalue weighted by molar-refractivity contribution is 1.06. The maximum Gasteiger partial charge on any atom is 0.187 e. The molecule has 0 atom stereocenters. The number of rotatable bonds is 7. The summed E-state index contributed by atoms with van der Waals surface area (Å²) in [6.45, 7) is 7.82. The molecule has 0 aliphatic carbocycles. The van der Waals surface area contributed by atoms with Gasteiger partial charge in [-0.25, -0.2) is 9.83 Å². The van der Waals surface area contributed by atoms with E-state index >= 15 is 0 Å². The van der Waals surface area contributed by atoms with Crippen molar-refractivity contribution in [2.75, 3.05) is 0 Å². The first-order chi connectivity index (χ1) is 35.4. The summed E-state index contributed by atoms with van der Waals surface area (Å²) in [5.74, 6) is 0.651. The molecule has 0 spiro atoms. The number of hydrogen-bond acceptors (Lipinski definition) is 5. The van der Waals surface area contributed by atoms with Gasteiger partial charge in [0.15, 0.2) is 5.69 Å². The van der Waals surface area contributed by atoms with Crippen molar-refractivity contribution >= 4 is 49.3 Å². The van der Waals surface area contributed by atoms with Gasteiger partial charge < -0.3 is 4.57 Å². The van der Waals surface area contributed by atoms with Gasteiger partial charge in [0.1, 0.15) is 5.82 Å². The van der Waals surface area contributed by atoms with E-state index in [9.17, 15) is 21.0 Å². The topological polar surface area (TPSA) is 122 Å². The Morgan fingerprint density at radius 2 is 0.694 bits per heavy atom. The van der Waals surface area contributed by atoms with Crippen molar-refractivity contribution in [1.29, 1.82) is 21.0 Å². The van der Waals surface area contributed by atoms with Crippen LogP contribution in [0.15, 0.2) is 206 Å². The molecule has 0 unspecified atom stereocenters. The first kappa shape index (κ1) is 42.5. The minimum atomic E-state index is 0.517. The minimum Gasteiger partial charge on any atom is -0.307 e. The number of nitrogens with zero attached hydrogens (tertiary/aromatic N) is 8. The maximum atomic E-state index is 9.85. The van der Waals surface area contributed by atoms with E-state index in [1.807, 2.05) is 103 Å². The van der Waals surface area contributed by atoms with E-state index in [1.165, 1.54) is 0 Å². The molecule has 0 aliphatic heterocycles. The molecule has 0 bridgehead atoms. The third-order valence-corrected chi connectivity index (χ3v) is 13.5. The Bertz CT molecular complexity index is 4230. The van der Waals surface area contributed by atoms with Gasteiger partial charge in [-0.05, 0) is 129 Å². The van der Waals surface area contributed by atoms with E-state index in [1.54, 1.807) is 24.3 Å². The van der Waals surface area contributed by atoms with Crippen LogP contribution in [0.4, 0.5) is 5.69 Å². The van der Waals surface area contributed by atoms with Gasteiger partial charge in [-0.15, -0.1) is 0 Å². The van der Waals surface area contributed by atoms with Crippen molar-refractivity contribution in [3.8, 4) is 91.4 Å². The zero-order valence-electron chi connectivity index (χ0n) is 38.2. The number of benzene rings is 9. The number of hydrogen-bond donors (Lipinski definition) is 0. The molecule has 0 fully saturated rings. The molecule has 330 valence electrons. The van der Waals surface area contributed by atoms with Crippen LogP contribution in [0.5, 0.6) is 0 Å². The molecule has 8 nitrogen and oxygen atoms in total. The van der Waals surface area contributed by atoms with Crippen LogP contribution in [0.1, 0.15) is 22.3 Å². The highest BCUT2D eigenvalue weighted by Crippen LogP contribution is 2.42. The predicted molar refractivity (Wildman–Crippen MR) is 285 cm³/mol. The fourth-order valence-corrected chi connectivity index (χ4v) is 10.0. The smallest absolute Gasteiger partial charge is 0.187 e. The summed E-state index contributed by atoms with van der Waals surface area (Å²) in [6, 6.07) is 74.9. The molecule has 12 rings (SSSR count). The molecule has 0 radical (unpaired) electrons. The van der Waals surface area contributed by atoms with Gasteiger partial charge in [0.05, 0.1) is 87.1 Å². The molecule has 12 aromatic rings. The fraction of sp³-hybridized carbons (Fsp3) is 0. The Balaban J connectivity index is 1.16. The zero-order chi connectivity index (χ0) is 48.9. The van der Waals surface area contributed by atoms with Crippen molar-refractivity contribution in [3.05, 3.63) is 240 Å². The second-order valence-electron chi connectivity index (χ2n) is 17.6. The average Bonchev–Trinajstić information content (AvgIpc) is 3.96. The van der Waals surface area contributed by atoms with Gasteiger partial charge in [-0.1, -0.05) is 121 Å². The Morgan fingerprint density at radius 1 is 0.361 bits per heavy atom. The molecule has 3 heterocycles. The normalized spacial score (nSPS) is 11.0. The minimum absolute atomic E-state index is 0.517. The third-order valence-electron chi connectivity index (χ3n) is 13.5. The number of aromatic nitrogens is 3. The van der Waals surface area contributed by atoms with Crippen molar-refractivity contribution in [2.24, 2.45) is 0 Å². The standard InChI is InChI=1S/C64H34N8/c1-69-53-20-14-44(15-21-53)58-34-64(72-61-32-51(47-12-4-8-42(28-47)37-67)18-24-56(61)57-25-19-52(33-62(57)72)48-13-5-9-43(29-48)38-68)70-39-63(58)71-59-30-49(45-10-2-6-40(26-45)35-65)16-22-54(59)55-23-17-50(31-60(55)71)46-11-3-7-41(27-46)36-66/h2-34,39H. The summed E-state index contributed by atoms with van der Waals surface area (Å²) >= 11 is 0. The van der Waals surface area contributed by atoms with Crippen LogP contribution in [0.3, 0.4) is 0 Å². The summed E-state index contributed by atoms with van der Waals surface area (Å²) < 4.78 is 4.44. The molecule has 0 N–H and O–H groups in total. The highest BCUT2D eigenvalue weighted by Gasteiger charge is 2.22. The molecular weight excluding hydrogens is 881 g/mol. The second kappa shape index (κ2) is 17.4. The molecule has 72 heavy (non-hydrogen) atoms. The third kappa shape index (κ3) is 7.25. The van der Waals surface area contributed by atoms with Crippen LogP contribution in [0.2, 0.25) is 0 Å². The van der Waals surface area contributed by atoms with Crippen molar-refractivity contribution < 1.29 is 0 Å². The van der Waals surface area contributed by atoms with Crippen LogP contribution in [-0.2, 0) is 0 Å². The second-order valence-corrected chi connectivity index (χ2v) is 17.6. The lowest BCUT2D eigenvalue weighted by Gasteiger charge is -2.17. The zero-order valence-corrected chi connectivity index (χ0v) is 38.2. The molecule has 0 saturated heterocycles. The summed E-state index contributed by atoms with van der Waals surface area (Å²) in [7, 11) is 0. The Hall–Kier alpha value is -10.8. The Kier molecular flexibility index (Phi) is 10.3. The summed E-state index contributed by atoms with van der Waals surface area (Å²) in [6.07, 6.45) is 1.93. The number of nitriles is 4. The predicted octanol–water partition coefficient (Wildman–Crippen LogP) is 15.6. The van der Waals surface area contributed by atoms with Crippen LogP contribution < -0.4 is 0 Å². The number of pyridine rings is 1. The molecule has 0 aliphatic rings. The fourth-order valence-electron chi connectivity index (χ4n) is 10.0. The lowest BCUT2D eigenvalue weighted by atomic mass is 10.0. The Labute approximate surface area is 414 Å². The van der Waals surface area contributed by atoms with Crippen LogP contribution in [0.25, 0.3) is 116 Å². The highest BCUT2D eigenvalue weighted by atomic mass is 15.1. The largest absolute Gasteiger partial charge is 0.307 e. The van der Waals surface area contributed by atoms with E-state index < -0.39 is 0 Å². The van der Waals surface area contributed by atoms with Crippen molar-refractivity contribution in [1.82, 2.24) is 14.1 Å². The summed E-state index contributed by atoms with van der Waals surface area (Å²) in [5, 5.41) is 43.4. The van der Waals surface area contributed by atoms with E-state index in [0.717, 1.165) is 105 Å². The van der Waals surface area contributed by atoms with E-state index in [0.29, 0.717) is 33.8 Å². The van der Waals surface area contributed by atoms with Gasteiger partial charge in [0.25, 0.3) is 0 Å². The van der Waals surface area contributed by atoms with Gasteiger partial charge in [-0.3, -0.25) is 4.57 Å².